The van der Waals surface area contributed by atoms with E-state index in [9.17, 15) is 9.90 Å². The summed E-state index contributed by atoms with van der Waals surface area (Å²) in [5.41, 5.74) is 1.53. The van der Waals surface area contributed by atoms with Gasteiger partial charge in [-0.2, -0.15) is 5.26 Å². The first-order valence-electron chi connectivity index (χ1n) is 6.14. The van der Waals surface area contributed by atoms with Crippen LogP contribution in [0.4, 0.5) is 0 Å². The number of aliphatic hydroxyl groups excluding tert-OH is 1. The number of piperidine rings is 1. The topological polar surface area (TPSA) is 64.3 Å². The van der Waals surface area contributed by atoms with Crippen LogP contribution >= 0.6 is 0 Å². The summed E-state index contributed by atoms with van der Waals surface area (Å²) in [7, 11) is 0. The minimum absolute atomic E-state index is 0.0895. The highest BCUT2D eigenvalue weighted by Crippen LogP contribution is 2.12. The molecule has 1 aromatic carbocycles. The highest BCUT2D eigenvalue weighted by Gasteiger charge is 2.21. The molecule has 0 spiro atoms. The van der Waals surface area contributed by atoms with Crippen LogP contribution in [0.2, 0.25) is 0 Å². The molecule has 1 aliphatic rings. The number of carbonyl (C=O) groups is 1. The van der Waals surface area contributed by atoms with Gasteiger partial charge in [-0.3, -0.25) is 4.79 Å². The first kappa shape index (κ1) is 12.6. The van der Waals surface area contributed by atoms with Gasteiger partial charge in [-0.1, -0.05) is 12.1 Å². The second-order valence-electron chi connectivity index (χ2n) is 4.60. The zero-order valence-electron chi connectivity index (χ0n) is 10.2. The summed E-state index contributed by atoms with van der Waals surface area (Å²) in [4.78, 5) is 13.8. The van der Waals surface area contributed by atoms with Gasteiger partial charge in [0.15, 0.2) is 0 Å². The fraction of sp³-hybridized carbons (Fsp3) is 0.429. The Morgan fingerprint density at radius 2 is 1.94 bits per heavy atom. The van der Waals surface area contributed by atoms with Crippen LogP contribution in [0.25, 0.3) is 0 Å². The average Bonchev–Trinajstić information content (AvgIpc) is 2.40. The SMILES string of the molecule is N#Cc1ccc(CC(=O)N2CCC(O)CC2)cc1. The van der Waals surface area contributed by atoms with Crippen molar-refractivity contribution in [3.8, 4) is 6.07 Å². The maximum Gasteiger partial charge on any atom is 0.226 e. The summed E-state index contributed by atoms with van der Waals surface area (Å²) in [6.45, 7) is 1.27. The predicted molar refractivity (Wildman–Crippen MR) is 66.7 cm³/mol. The summed E-state index contributed by atoms with van der Waals surface area (Å²) in [5, 5.41) is 18.1. The minimum Gasteiger partial charge on any atom is -0.393 e. The van der Waals surface area contributed by atoms with E-state index in [4.69, 9.17) is 5.26 Å². The molecule has 94 valence electrons. The molecule has 2 rings (SSSR count). The number of aliphatic hydroxyl groups is 1. The zero-order chi connectivity index (χ0) is 13.0. The number of benzene rings is 1. The van der Waals surface area contributed by atoms with Gasteiger partial charge in [0.25, 0.3) is 0 Å². The monoisotopic (exact) mass is 244 g/mol. The van der Waals surface area contributed by atoms with E-state index in [0.717, 1.165) is 5.56 Å². The van der Waals surface area contributed by atoms with Gasteiger partial charge in [-0.25, -0.2) is 0 Å². The lowest BCUT2D eigenvalue weighted by atomic mass is 10.1. The lowest BCUT2D eigenvalue weighted by Crippen LogP contribution is -2.40. The predicted octanol–water partition coefficient (Wildman–Crippen LogP) is 1.08. The lowest BCUT2D eigenvalue weighted by molar-refractivity contribution is -0.132. The second-order valence-corrected chi connectivity index (χ2v) is 4.60. The molecule has 0 radical (unpaired) electrons. The Bertz CT molecular complexity index is 454. The molecule has 1 fully saturated rings. The molecule has 1 N–H and O–H groups in total. The maximum atomic E-state index is 12.0. The molecule has 0 aliphatic carbocycles. The molecule has 1 aromatic rings. The number of nitrogens with zero attached hydrogens (tertiary/aromatic N) is 2. The van der Waals surface area contributed by atoms with E-state index < -0.39 is 0 Å². The van der Waals surface area contributed by atoms with Crippen LogP contribution in [0.3, 0.4) is 0 Å². The summed E-state index contributed by atoms with van der Waals surface area (Å²) in [5.74, 6) is 0.0895. The molecule has 0 bridgehead atoms. The highest BCUT2D eigenvalue weighted by atomic mass is 16.3. The van der Waals surface area contributed by atoms with Crippen molar-refractivity contribution in [2.24, 2.45) is 0 Å². The fourth-order valence-electron chi connectivity index (χ4n) is 2.10. The van der Waals surface area contributed by atoms with Gasteiger partial charge >= 0.3 is 0 Å². The molecule has 0 aromatic heterocycles. The van der Waals surface area contributed by atoms with Crippen LogP contribution < -0.4 is 0 Å². The first-order chi connectivity index (χ1) is 8.69. The molecule has 1 amide bonds. The van der Waals surface area contributed by atoms with Crippen LogP contribution in [0.1, 0.15) is 24.0 Å². The highest BCUT2D eigenvalue weighted by molar-refractivity contribution is 5.78. The van der Waals surface area contributed by atoms with Crippen LogP contribution in [0.5, 0.6) is 0 Å². The quantitative estimate of drug-likeness (QED) is 0.846. The molecule has 0 unspecified atom stereocenters. The number of hydrogen-bond donors (Lipinski definition) is 1. The van der Waals surface area contributed by atoms with Gasteiger partial charge in [-0.05, 0) is 30.5 Å². The number of likely N-dealkylation sites (tertiary alicyclic amines) is 1. The Morgan fingerprint density at radius 3 is 2.50 bits per heavy atom. The standard InChI is InChI=1S/C14H16N2O2/c15-10-12-3-1-11(2-4-12)9-14(18)16-7-5-13(17)6-8-16/h1-4,13,17H,5-9H2. The van der Waals surface area contributed by atoms with Gasteiger partial charge in [0, 0.05) is 13.1 Å². The van der Waals surface area contributed by atoms with Crippen LogP contribution in [0, 0.1) is 11.3 Å². The van der Waals surface area contributed by atoms with Gasteiger partial charge in [-0.15, -0.1) is 0 Å². The van der Waals surface area contributed by atoms with Crippen LogP contribution in [0.15, 0.2) is 24.3 Å². The molecule has 4 nitrogen and oxygen atoms in total. The molecular formula is C14H16N2O2. The number of rotatable bonds is 2. The molecule has 1 heterocycles. The van der Waals surface area contributed by atoms with Gasteiger partial charge in [0.2, 0.25) is 5.91 Å². The number of carbonyl (C=O) groups excluding carboxylic acids is 1. The number of nitriles is 1. The second kappa shape index (κ2) is 5.65. The molecule has 0 saturated carbocycles. The summed E-state index contributed by atoms with van der Waals surface area (Å²) < 4.78 is 0. The van der Waals surface area contributed by atoms with E-state index in [1.165, 1.54) is 0 Å². The summed E-state index contributed by atoms with van der Waals surface area (Å²) in [6.07, 6.45) is 1.43. The molecule has 1 saturated heterocycles. The van der Waals surface area contributed by atoms with Gasteiger partial charge in [0.05, 0.1) is 24.2 Å². The van der Waals surface area contributed by atoms with Crippen molar-refractivity contribution in [1.29, 1.82) is 5.26 Å². The van der Waals surface area contributed by atoms with E-state index in [-0.39, 0.29) is 12.0 Å². The van der Waals surface area contributed by atoms with E-state index in [1.807, 2.05) is 12.1 Å². The van der Waals surface area contributed by atoms with E-state index in [1.54, 1.807) is 17.0 Å². The van der Waals surface area contributed by atoms with E-state index in [2.05, 4.69) is 6.07 Å². The minimum atomic E-state index is -0.260. The van der Waals surface area contributed by atoms with Crippen molar-refractivity contribution in [3.63, 3.8) is 0 Å². The smallest absolute Gasteiger partial charge is 0.226 e. The van der Waals surface area contributed by atoms with Gasteiger partial charge < -0.3 is 10.0 Å². The molecule has 1 aliphatic heterocycles. The van der Waals surface area contributed by atoms with Crippen molar-refractivity contribution in [3.05, 3.63) is 35.4 Å². The van der Waals surface area contributed by atoms with E-state index >= 15 is 0 Å². The average molecular weight is 244 g/mol. The maximum absolute atomic E-state index is 12.0. The number of amides is 1. The van der Waals surface area contributed by atoms with Crippen molar-refractivity contribution < 1.29 is 9.90 Å². The largest absolute Gasteiger partial charge is 0.393 e. The molecule has 0 atom stereocenters. The third-order valence-corrected chi connectivity index (χ3v) is 3.26. The van der Waals surface area contributed by atoms with Crippen molar-refractivity contribution in [1.82, 2.24) is 4.90 Å². The Hall–Kier alpha value is -1.86. The zero-order valence-corrected chi connectivity index (χ0v) is 10.2. The summed E-state index contributed by atoms with van der Waals surface area (Å²) >= 11 is 0. The first-order valence-corrected chi connectivity index (χ1v) is 6.14. The van der Waals surface area contributed by atoms with Crippen LogP contribution in [-0.4, -0.2) is 35.1 Å². The molecule has 4 heteroatoms. The van der Waals surface area contributed by atoms with Crippen molar-refractivity contribution >= 4 is 5.91 Å². The van der Waals surface area contributed by atoms with Crippen molar-refractivity contribution in [2.75, 3.05) is 13.1 Å². The van der Waals surface area contributed by atoms with Crippen molar-refractivity contribution in [2.45, 2.75) is 25.4 Å². The Balaban J connectivity index is 1.92. The molecular weight excluding hydrogens is 228 g/mol. The fourth-order valence-corrected chi connectivity index (χ4v) is 2.10. The summed E-state index contributed by atoms with van der Waals surface area (Å²) in [6, 6.07) is 9.13. The number of hydrogen-bond acceptors (Lipinski definition) is 3. The Labute approximate surface area is 106 Å². The lowest BCUT2D eigenvalue weighted by Gasteiger charge is -2.29. The normalized spacial score (nSPS) is 16.3. The Morgan fingerprint density at radius 1 is 1.33 bits per heavy atom. The van der Waals surface area contributed by atoms with Gasteiger partial charge in [0.1, 0.15) is 0 Å². The van der Waals surface area contributed by atoms with Crippen LogP contribution in [-0.2, 0) is 11.2 Å². The molecule has 18 heavy (non-hydrogen) atoms. The third-order valence-electron chi connectivity index (χ3n) is 3.26. The Kier molecular flexibility index (Phi) is 3.96. The third kappa shape index (κ3) is 3.08. The van der Waals surface area contributed by atoms with E-state index in [0.29, 0.717) is 37.9 Å².